The van der Waals surface area contributed by atoms with Crippen molar-refractivity contribution < 1.29 is 14.3 Å². The maximum absolute atomic E-state index is 13.0. The number of methoxy groups -OCH3 is 1. The van der Waals surface area contributed by atoms with E-state index in [2.05, 4.69) is 24.9 Å². The number of pyridine rings is 1. The van der Waals surface area contributed by atoms with Crippen LogP contribution in [0.25, 0.3) is 21.8 Å². The van der Waals surface area contributed by atoms with Gasteiger partial charge in [-0.3, -0.25) is 9.59 Å². The molecule has 164 valence electrons. The Morgan fingerprint density at radius 2 is 1.85 bits per heavy atom. The number of fused-ring (bicyclic) bond motifs is 2. The zero-order valence-corrected chi connectivity index (χ0v) is 18.2. The van der Waals surface area contributed by atoms with E-state index in [1.54, 1.807) is 37.7 Å². The van der Waals surface area contributed by atoms with Crippen LogP contribution in [0.2, 0.25) is 0 Å². The predicted molar refractivity (Wildman–Crippen MR) is 124 cm³/mol. The van der Waals surface area contributed by atoms with E-state index in [-0.39, 0.29) is 24.4 Å². The maximum atomic E-state index is 13.0. The molecule has 3 aromatic heterocycles. The van der Waals surface area contributed by atoms with Crippen molar-refractivity contribution in [2.75, 3.05) is 7.11 Å². The third-order valence-electron chi connectivity index (χ3n) is 5.59. The van der Waals surface area contributed by atoms with E-state index in [9.17, 15) is 9.59 Å². The highest BCUT2D eigenvalue weighted by molar-refractivity contribution is 6.07. The zero-order chi connectivity index (χ0) is 22.9. The molecule has 0 aliphatic carbocycles. The van der Waals surface area contributed by atoms with E-state index in [0.717, 1.165) is 22.2 Å². The molecular weight excluding hydrogens is 418 g/mol. The molecule has 33 heavy (non-hydrogen) atoms. The van der Waals surface area contributed by atoms with Gasteiger partial charge in [0.25, 0.3) is 0 Å². The molecule has 0 atom stereocenters. The predicted octanol–water partition coefficient (Wildman–Crippen LogP) is 4.00. The number of imidazole rings is 2. The van der Waals surface area contributed by atoms with Crippen molar-refractivity contribution in [2.45, 2.75) is 19.8 Å². The Hall–Kier alpha value is -4.33. The summed E-state index contributed by atoms with van der Waals surface area (Å²) < 4.78 is 5.28. The van der Waals surface area contributed by atoms with Crippen LogP contribution in [0.15, 0.2) is 54.9 Å². The van der Waals surface area contributed by atoms with Gasteiger partial charge in [-0.1, -0.05) is 12.1 Å². The van der Waals surface area contributed by atoms with Gasteiger partial charge in [0.2, 0.25) is 0 Å². The minimum Gasteiger partial charge on any atom is -0.497 e. The molecule has 8 nitrogen and oxygen atoms in total. The van der Waals surface area contributed by atoms with Crippen molar-refractivity contribution in [1.29, 1.82) is 0 Å². The number of rotatable bonds is 7. The third-order valence-corrected chi connectivity index (χ3v) is 5.59. The van der Waals surface area contributed by atoms with E-state index in [0.29, 0.717) is 33.9 Å². The molecule has 0 saturated carbocycles. The lowest BCUT2D eigenvalue weighted by Crippen LogP contribution is -2.08. The summed E-state index contributed by atoms with van der Waals surface area (Å²) in [7, 11) is 1.62. The number of benzene rings is 2. The van der Waals surface area contributed by atoms with Crippen molar-refractivity contribution in [3.8, 4) is 5.75 Å². The van der Waals surface area contributed by atoms with Crippen molar-refractivity contribution in [3.63, 3.8) is 0 Å². The number of ketones is 2. The smallest absolute Gasteiger partial charge is 0.188 e. The van der Waals surface area contributed by atoms with Gasteiger partial charge in [-0.2, -0.15) is 0 Å². The number of ether oxygens (including phenoxy) is 1. The highest BCUT2D eigenvalue weighted by atomic mass is 16.5. The van der Waals surface area contributed by atoms with Gasteiger partial charge in [0.1, 0.15) is 23.1 Å². The standard InChI is InChI=1S/C25H21N5O3/c1-14-18-11-16(33-2)7-6-15(18)10-20(28-14)22(32)13-24-29-19-5-3-4-17(25(19)30-24)21(31)12-23-26-8-9-27-23/h3-11H,12-13H2,1-2H3,(H,26,27)(H,29,30). The summed E-state index contributed by atoms with van der Waals surface area (Å²) in [5, 5.41) is 1.86. The molecule has 0 aliphatic rings. The first-order valence-electron chi connectivity index (χ1n) is 10.5. The first-order valence-corrected chi connectivity index (χ1v) is 10.5. The number of aryl methyl sites for hydroxylation is 1. The number of nitrogens with zero attached hydrogens (tertiary/aromatic N) is 3. The van der Waals surface area contributed by atoms with E-state index >= 15 is 0 Å². The van der Waals surface area contributed by atoms with Crippen LogP contribution in [0.4, 0.5) is 0 Å². The van der Waals surface area contributed by atoms with Crippen molar-refractivity contribution in [3.05, 3.63) is 83.5 Å². The molecule has 8 heteroatoms. The molecular formula is C25H21N5O3. The van der Waals surface area contributed by atoms with Crippen LogP contribution in [0.1, 0.15) is 38.2 Å². The van der Waals surface area contributed by atoms with Gasteiger partial charge in [0.15, 0.2) is 11.6 Å². The molecule has 0 bridgehead atoms. The number of aromatic nitrogens is 5. The average Bonchev–Trinajstić information content (AvgIpc) is 3.47. The van der Waals surface area contributed by atoms with Crippen LogP contribution in [-0.2, 0) is 12.8 Å². The van der Waals surface area contributed by atoms with E-state index in [1.165, 1.54) is 0 Å². The molecule has 0 unspecified atom stereocenters. The Labute approximate surface area is 189 Å². The number of H-pyrrole nitrogens is 2. The SMILES string of the molecule is COc1ccc2cc(C(=O)Cc3nc4c(C(=O)Cc5ncc[nH]5)cccc4[nH]3)nc(C)c2c1. The lowest BCUT2D eigenvalue weighted by molar-refractivity contribution is 0.0981. The second-order valence-corrected chi connectivity index (χ2v) is 7.80. The van der Waals surface area contributed by atoms with Crippen LogP contribution in [0, 0.1) is 6.92 Å². The summed E-state index contributed by atoms with van der Waals surface area (Å²) in [5.41, 5.74) is 2.88. The van der Waals surface area contributed by atoms with Gasteiger partial charge in [-0.05, 0) is 42.6 Å². The Morgan fingerprint density at radius 1 is 1.00 bits per heavy atom. The summed E-state index contributed by atoms with van der Waals surface area (Å²) in [4.78, 5) is 45.1. The fourth-order valence-corrected chi connectivity index (χ4v) is 3.94. The van der Waals surface area contributed by atoms with Gasteiger partial charge in [-0.15, -0.1) is 0 Å². The molecule has 2 N–H and O–H groups in total. The molecule has 0 fully saturated rings. The highest BCUT2D eigenvalue weighted by Gasteiger charge is 2.18. The number of nitrogens with one attached hydrogen (secondary N) is 2. The molecule has 3 heterocycles. The summed E-state index contributed by atoms with van der Waals surface area (Å²) in [6, 6.07) is 12.8. The van der Waals surface area contributed by atoms with E-state index in [4.69, 9.17) is 4.74 Å². The quantitative estimate of drug-likeness (QED) is 0.371. The molecule has 0 aliphatic heterocycles. The van der Waals surface area contributed by atoms with Gasteiger partial charge in [-0.25, -0.2) is 15.0 Å². The fourth-order valence-electron chi connectivity index (χ4n) is 3.94. The molecule has 5 aromatic rings. The van der Waals surface area contributed by atoms with Crippen LogP contribution >= 0.6 is 0 Å². The second-order valence-electron chi connectivity index (χ2n) is 7.80. The zero-order valence-electron chi connectivity index (χ0n) is 18.2. The number of carbonyl (C=O) groups is 2. The van der Waals surface area contributed by atoms with Gasteiger partial charge < -0.3 is 14.7 Å². The number of hydrogen-bond donors (Lipinski definition) is 2. The van der Waals surface area contributed by atoms with Gasteiger partial charge in [0.05, 0.1) is 31.0 Å². The number of Topliss-reactive ketones (excluding diaryl/α,β-unsaturated/α-hetero) is 2. The van der Waals surface area contributed by atoms with Crippen molar-refractivity contribution in [2.24, 2.45) is 0 Å². The molecule has 0 amide bonds. The lowest BCUT2D eigenvalue weighted by atomic mass is 10.1. The first kappa shape index (κ1) is 20.6. The van der Waals surface area contributed by atoms with Crippen molar-refractivity contribution in [1.82, 2.24) is 24.9 Å². The first-order chi connectivity index (χ1) is 16.0. The average molecular weight is 439 g/mol. The number of para-hydroxylation sites is 1. The largest absolute Gasteiger partial charge is 0.497 e. The third kappa shape index (κ3) is 3.98. The van der Waals surface area contributed by atoms with Crippen LogP contribution in [-0.4, -0.2) is 43.6 Å². The maximum Gasteiger partial charge on any atom is 0.188 e. The Balaban J connectivity index is 1.42. The summed E-state index contributed by atoms with van der Waals surface area (Å²) in [6.07, 6.45) is 3.49. The normalized spacial score (nSPS) is 11.2. The van der Waals surface area contributed by atoms with Crippen LogP contribution in [0.5, 0.6) is 5.75 Å². The molecule has 5 rings (SSSR count). The Kier molecular flexibility index (Phi) is 5.18. The highest BCUT2D eigenvalue weighted by Crippen LogP contribution is 2.24. The van der Waals surface area contributed by atoms with Crippen LogP contribution < -0.4 is 4.74 Å². The minimum absolute atomic E-state index is 0.0502. The number of aromatic amines is 2. The molecule has 0 saturated heterocycles. The second kappa shape index (κ2) is 8.31. The molecule has 2 aromatic carbocycles. The van der Waals surface area contributed by atoms with E-state index in [1.807, 2.05) is 31.2 Å². The van der Waals surface area contributed by atoms with Crippen LogP contribution in [0.3, 0.4) is 0 Å². The number of carbonyl (C=O) groups excluding carboxylic acids is 2. The summed E-state index contributed by atoms with van der Waals surface area (Å²) in [6.45, 7) is 1.87. The Morgan fingerprint density at radius 3 is 2.64 bits per heavy atom. The Bertz CT molecular complexity index is 1500. The van der Waals surface area contributed by atoms with Gasteiger partial charge >= 0.3 is 0 Å². The van der Waals surface area contributed by atoms with Gasteiger partial charge in [0, 0.05) is 29.0 Å². The summed E-state index contributed by atoms with van der Waals surface area (Å²) in [5.74, 6) is 1.58. The minimum atomic E-state index is -0.154. The molecule has 0 radical (unpaired) electrons. The monoisotopic (exact) mass is 439 g/mol. The summed E-state index contributed by atoms with van der Waals surface area (Å²) >= 11 is 0. The van der Waals surface area contributed by atoms with Crippen molar-refractivity contribution >= 4 is 33.4 Å². The topological polar surface area (TPSA) is 114 Å². The number of hydrogen-bond acceptors (Lipinski definition) is 6. The van der Waals surface area contributed by atoms with E-state index < -0.39 is 0 Å². The molecule has 0 spiro atoms. The fraction of sp³-hybridized carbons (Fsp3) is 0.160. The lowest BCUT2D eigenvalue weighted by Gasteiger charge is -2.07.